The van der Waals surface area contributed by atoms with Crippen molar-refractivity contribution in [1.82, 2.24) is 9.80 Å². The third-order valence-electron chi connectivity index (χ3n) is 3.23. The summed E-state index contributed by atoms with van der Waals surface area (Å²) in [4.78, 5) is 17.3. The summed E-state index contributed by atoms with van der Waals surface area (Å²) in [6.45, 7) is 2.68. The van der Waals surface area contributed by atoms with Crippen LogP contribution in [0, 0.1) is 0 Å². The van der Waals surface area contributed by atoms with Crippen molar-refractivity contribution < 1.29 is 4.79 Å². The standard InChI is InChI=1S/C13H20N2OS/c1-14(10-7-12-6-5-11-17-12)13(16)15-8-3-2-4-9-15/h5-6,11H,2-4,7-10H2,1H3. The van der Waals surface area contributed by atoms with E-state index in [4.69, 9.17) is 0 Å². The minimum Gasteiger partial charge on any atom is -0.327 e. The molecule has 0 N–H and O–H groups in total. The normalized spacial score (nSPS) is 15.9. The number of thiophene rings is 1. The first-order chi connectivity index (χ1) is 8.27. The smallest absolute Gasteiger partial charge is 0.319 e. The SMILES string of the molecule is CN(CCc1cccs1)C(=O)N1CCCCC1. The van der Waals surface area contributed by atoms with E-state index in [1.54, 1.807) is 11.3 Å². The van der Waals surface area contributed by atoms with E-state index >= 15 is 0 Å². The fourth-order valence-electron chi connectivity index (χ4n) is 2.15. The lowest BCUT2D eigenvalue weighted by molar-refractivity contribution is 0.153. The highest BCUT2D eigenvalue weighted by molar-refractivity contribution is 7.09. The van der Waals surface area contributed by atoms with E-state index in [1.165, 1.54) is 11.3 Å². The van der Waals surface area contributed by atoms with Crippen LogP contribution in [-0.4, -0.2) is 42.5 Å². The summed E-state index contributed by atoms with van der Waals surface area (Å²) in [6.07, 6.45) is 4.55. The van der Waals surface area contributed by atoms with Gasteiger partial charge in [-0.15, -0.1) is 11.3 Å². The van der Waals surface area contributed by atoms with Crippen LogP contribution in [0.2, 0.25) is 0 Å². The number of carbonyl (C=O) groups is 1. The summed E-state index contributed by atoms with van der Waals surface area (Å²) in [6, 6.07) is 4.39. The summed E-state index contributed by atoms with van der Waals surface area (Å²) in [5.41, 5.74) is 0. The summed E-state index contributed by atoms with van der Waals surface area (Å²) in [5.74, 6) is 0. The lowest BCUT2D eigenvalue weighted by Gasteiger charge is -2.31. The molecule has 1 aromatic rings. The molecule has 2 amide bonds. The van der Waals surface area contributed by atoms with Gasteiger partial charge in [-0.2, -0.15) is 0 Å². The number of nitrogens with zero attached hydrogens (tertiary/aromatic N) is 2. The molecule has 0 atom stereocenters. The lowest BCUT2D eigenvalue weighted by Crippen LogP contribution is -2.44. The third kappa shape index (κ3) is 3.46. The van der Waals surface area contributed by atoms with Crippen LogP contribution in [-0.2, 0) is 6.42 Å². The number of carbonyl (C=O) groups excluding carboxylic acids is 1. The van der Waals surface area contributed by atoms with Gasteiger partial charge in [0.05, 0.1) is 0 Å². The largest absolute Gasteiger partial charge is 0.327 e. The van der Waals surface area contributed by atoms with Crippen molar-refractivity contribution in [3.05, 3.63) is 22.4 Å². The predicted octanol–water partition coefficient (Wildman–Crippen LogP) is 2.83. The van der Waals surface area contributed by atoms with Crippen molar-refractivity contribution in [2.24, 2.45) is 0 Å². The monoisotopic (exact) mass is 252 g/mol. The third-order valence-corrected chi connectivity index (χ3v) is 4.16. The summed E-state index contributed by atoms with van der Waals surface area (Å²) in [7, 11) is 1.91. The Morgan fingerprint density at radius 2 is 2.18 bits per heavy atom. The molecular formula is C13H20N2OS. The molecule has 1 saturated heterocycles. The van der Waals surface area contributed by atoms with Gasteiger partial charge in [-0.3, -0.25) is 0 Å². The molecule has 1 aliphatic rings. The summed E-state index contributed by atoms with van der Waals surface area (Å²) < 4.78 is 0. The maximum atomic E-state index is 12.1. The zero-order valence-corrected chi connectivity index (χ0v) is 11.2. The van der Waals surface area contributed by atoms with Crippen LogP contribution < -0.4 is 0 Å². The molecule has 17 heavy (non-hydrogen) atoms. The maximum absolute atomic E-state index is 12.1. The Morgan fingerprint density at radius 1 is 1.41 bits per heavy atom. The van der Waals surface area contributed by atoms with Crippen LogP contribution in [0.5, 0.6) is 0 Å². The topological polar surface area (TPSA) is 23.6 Å². The number of urea groups is 1. The molecule has 1 fully saturated rings. The first-order valence-electron chi connectivity index (χ1n) is 6.30. The second-order valence-corrected chi connectivity index (χ2v) is 5.61. The molecule has 0 saturated carbocycles. The molecule has 2 heterocycles. The number of piperidine rings is 1. The Hall–Kier alpha value is -1.03. The maximum Gasteiger partial charge on any atom is 0.319 e. The zero-order chi connectivity index (χ0) is 12.1. The van der Waals surface area contributed by atoms with Gasteiger partial charge in [0.2, 0.25) is 0 Å². The summed E-state index contributed by atoms with van der Waals surface area (Å²) in [5, 5.41) is 2.09. The Kier molecular flexibility index (Phi) is 4.42. The number of amides is 2. The van der Waals surface area contributed by atoms with Crippen LogP contribution in [0.1, 0.15) is 24.1 Å². The molecule has 0 spiro atoms. The average molecular weight is 252 g/mol. The predicted molar refractivity (Wildman–Crippen MR) is 71.5 cm³/mol. The van der Waals surface area contributed by atoms with E-state index in [0.717, 1.165) is 38.9 Å². The van der Waals surface area contributed by atoms with Crippen LogP contribution in [0.25, 0.3) is 0 Å². The van der Waals surface area contributed by atoms with Crippen LogP contribution in [0.15, 0.2) is 17.5 Å². The molecule has 0 aromatic carbocycles. The van der Waals surface area contributed by atoms with Crippen LogP contribution in [0.4, 0.5) is 4.79 Å². The quantitative estimate of drug-likeness (QED) is 0.811. The Morgan fingerprint density at radius 3 is 2.82 bits per heavy atom. The number of likely N-dealkylation sites (tertiary alicyclic amines) is 1. The van der Waals surface area contributed by atoms with Crippen molar-refractivity contribution in [3.8, 4) is 0 Å². The van der Waals surface area contributed by atoms with E-state index in [0.29, 0.717) is 0 Å². The molecule has 1 aliphatic heterocycles. The Labute approximate surface area is 107 Å². The minimum absolute atomic E-state index is 0.196. The molecule has 0 unspecified atom stereocenters. The molecule has 4 heteroatoms. The fraction of sp³-hybridized carbons (Fsp3) is 0.615. The molecule has 3 nitrogen and oxygen atoms in total. The number of likely N-dealkylation sites (N-methyl/N-ethyl adjacent to an activating group) is 1. The van der Waals surface area contributed by atoms with Gasteiger partial charge in [-0.25, -0.2) is 4.79 Å². The van der Waals surface area contributed by atoms with Crippen molar-refractivity contribution in [3.63, 3.8) is 0 Å². The van der Waals surface area contributed by atoms with Crippen molar-refractivity contribution in [1.29, 1.82) is 0 Å². The van der Waals surface area contributed by atoms with Crippen molar-refractivity contribution >= 4 is 17.4 Å². The minimum atomic E-state index is 0.196. The fourth-order valence-corrected chi connectivity index (χ4v) is 2.85. The van der Waals surface area contributed by atoms with E-state index in [-0.39, 0.29) is 6.03 Å². The number of hydrogen-bond acceptors (Lipinski definition) is 2. The van der Waals surface area contributed by atoms with Gasteiger partial charge in [-0.1, -0.05) is 6.07 Å². The molecule has 2 rings (SSSR count). The van der Waals surface area contributed by atoms with Gasteiger partial charge < -0.3 is 9.80 Å². The van der Waals surface area contributed by atoms with Gasteiger partial charge in [0, 0.05) is 31.6 Å². The Bertz CT molecular complexity index is 344. The molecular weight excluding hydrogens is 232 g/mol. The van der Waals surface area contributed by atoms with E-state index < -0.39 is 0 Å². The summed E-state index contributed by atoms with van der Waals surface area (Å²) >= 11 is 1.76. The van der Waals surface area contributed by atoms with Crippen LogP contribution >= 0.6 is 11.3 Å². The highest BCUT2D eigenvalue weighted by Crippen LogP contribution is 2.12. The first kappa shape index (κ1) is 12.4. The van der Waals surface area contributed by atoms with Gasteiger partial charge in [0.25, 0.3) is 0 Å². The molecule has 0 radical (unpaired) electrons. The lowest BCUT2D eigenvalue weighted by atomic mass is 10.1. The van der Waals surface area contributed by atoms with Gasteiger partial charge >= 0.3 is 6.03 Å². The van der Waals surface area contributed by atoms with Gasteiger partial charge in [0.1, 0.15) is 0 Å². The van der Waals surface area contributed by atoms with Crippen molar-refractivity contribution in [2.45, 2.75) is 25.7 Å². The van der Waals surface area contributed by atoms with E-state index in [9.17, 15) is 4.79 Å². The van der Waals surface area contributed by atoms with Crippen LogP contribution in [0.3, 0.4) is 0 Å². The molecule has 0 bridgehead atoms. The number of hydrogen-bond donors (Lipinski definition) is 0. The number of rotatable bonds is 3. The van der Waals surface area contributed by atoms with E-state index in [1.807, 2.05) is 16.8 Å². The first-order valence-corrected chi connectivity index (χ1v) is 7.18. The van der Waals surface area contributed by atoms with Gasteiger partial charge in [0.15, 0.2) is 0 Å². The van der Waals surface area contributed by atoms with Gasteiger partial charge in [-0.05, 0) is 37.1 Å². The second-order valence-electron chi connectivity index (χ2n) is 4.58. The van der Waals surface area contributed by atoms with E-state index in [2.05, 4.69) is 17.5 Å². The average Bonchev–Trinajstić information content (AvgIpc) is 2.89. The highest BCUT2D eigenvalue weighted by Gasteiger charge is 2.19. The zero-order valence-electron chi connectivity index (χ0n) is 10.4. The molecule has 1 aromatic heterocycles. The molecule has 0 aliphatic carbocycles. The Balaban J connectivity index is 1.78. The van der Waals surface area contributed by atoms with Crippen molar-refractivity contribution in [2.75, 3.05) is 26.7 Å². The molecule has 94 valence electrons. The highest BCUT2D eigenvalue weighted by atomic mass is 32.1. The second kappa shape index (κ2) is 6.05.